The lowest BCUT2D eigenvalue weighted by Crippen LogP contribution is -2.55. The molecule has 1 aromatic carbocycles. The minimum absolute atomic E-state index is 0.0407. The summed E-state index contributed by atoms with van der Waals surface area (Å²) in [5, 5.41) is 12.6. The lowest BCUT2D eigenvalue weighted by Gasteiger charge is -2.38. The van der Waals surface area contributed by atoms with E-state index < -0.39 is 17.8 Å². The molecule has 1 heterocycles. The normalized spacial score (nSPS) is 21.7. The van der Waals surface area contributed by atoms with E-state index in [2.05, 4.69) is 5.32 Å². The molecular formula is C13H15Cl2FN2O2. The number of nitrogens with zero attached hydrogens (tertiary/aromatic N) is 1. The summed E-state index contributed by atoms with van der Waals surface area (Å²) in [5.41, 5.74) is 0.543. The predicted molar refractivity (Wildman–Crippen MR) is 75.8 cm³/mol. The summed E-state index contributed by atoms with van der Waals surface area (Å²) in [4.78, 5) is 13.1. The van der Waals surface area contributed by atoms with Gasteiger partial charge in [-0.3, -0.25) is 9.69 Å². The fourth-order valence-electron chi connectivity index (χ4n) is 2.45. The fourth-order valence-corrected chi connectivity index (χ4v) is 2.99. The van der Waals surface area contributed by atoms with Crippen molar-refractivity contribution in [3.05, 3.63) is 33.6 Å². The molecule has 4 nitrogen and oxygen atoms in total. The molecule has 1 aliphatic heterocycles. The largest absolute Gasteiger partial charge is 0.480 e. The van der Waals surface area contributed by atoms with Gasteiger partial charge in [0, 0.05) is 30.7 Å². The van der Waals surface area contributed by atoms with E-state index in [1.165, 1.54) is 12.1 Å². The van der Waals surface area contributed by atoms with Crippen molar-refractivity contribution in [3.8, 4) is 0 Å². The number of carboxylic acids is 1. The topological polar surface area (TPSA) is 52.6 Å². The number of carbonyl (C=O) groups is 1. The lowest BCUT2D eigenvalue weighted by atomic mass is 10.0. The molecule has 0 saturated carbocycles. The molecule has 0 amide bonds. The van der Waals surface area contributed by atoms with Crippen LogP contribution < -0.4 is 5.32 Å². The summed E-state index contributed by atoms with van der Waals surface area (Å²) in [7, 11) is 0. The Hall–Kier alpha value is -0.880. The Kier molecular flexibility index (Phi) is 4.86. The quantitative estimate of drug-likeness (QED) is 0.840. The number of halogens is 3. The van der Waals surface area contributed by atoms with E-state index in [0.717, 1.165) is 0 Å². The fraction of sp³-hybridized carbons (Fsp3) is 0.462. The third-order valence-electron chi connectivity index (χ3n) is 3.56. The molecule has 2 N–H and O–H groups in total. The van der Waals surface area contributed by atoms with Crippen LogP contribution in [0.15, 0.2) is 12.1 Å². The molecule has 1 aromatic rings. The number of benzene rings is 1. The third kappa shape index (κ3) is 3.06. The van der Waals surface area contributed by atoms with Crippen molar-refractivity contribution in [2.24, 2.45) is 0 Å². The summed E-state index contributed by atoms with van der Waals surface area (Å²) in [5.74, 6) is -1.46. The van der Waals surface area contributed by atoms with Crippen LogP contribution in [-0.2, 0) is 4.79 Å². The number of hydrogen-bond acceptors (Lipinski definition) is 3. The molecule has 0 bridgehead atoms. The minimum atomic E-state index is -0.908. The molecule has 2 rings (SSSR count). The van der Waals surface area contributed by atoms with E-state index in [0.29, 0.717) is 30.2 Å². The highest BCUT2D eigenvalue weighted by molar-refractivity contribution is 6.35. The molecular weight excluding hydrogens is 306 g/mol. The molecule has 0 aliphatic carbocycles. The van der Waals surface area contributed by atoms with Crippen LogP contribution in [0.3, 0.4) is 0 Å². The second kappa shape index (κ2) is 6.26. The standard InChI is InChI=1S/C13H15Cl2FN2O2/c1-7(8-4-11(16)10(15)5-9(8)14)18-3-2-17-6-12(18)13(19)20/h4-5,7,12,17H,2-3,6H2,1H3,(H,19,20). The maximum absolute atomic E-state index is 13.6. The summed E-state index contributed by atoms with van der Waals surface area (Å²) in [6.07, 6.45) is 0. The molecule has 1 saturated heterocycles. The molecule has 0 radical (unpaired) electrons. The summed E-state index contributed by atoms with van der Waals surface area (Å²) in [6, 6.07) is 1.66. The summed E-state index contributed by atoms with van der Waals surface area (Å²) < 4.78 is 13.6. The first kappa shape index (κ1) is 15.5. The molecule has 2 unspecified atom stereocenters. The van der Waals surface area contributed by atoms with Gasteiger partial charge in [-0.25, -0.2) is 4.39 Å². The van der Waals surface area contributed by atoms with Crippen molar-refractivity contribution in [3.63, 3.8) is 0 Å². The van der Waals surface area contributed by atoms with Gasteiger partial charge in [0.1, 0.15) is 11.9 Å². The van der Waals surface area contributed by atoms with Crippen LogP contribution in [-0.4, -0.2) is 41.7 Å². The van der Waals surface area contributed by atoms with Gasteiger partial charge < -0.3 is 10.4 Å². The van der Waals surface area contributed by atoms with Crippen LogP contribution in [0.25, 0.3) is 0 Å². The van der Waals surface area contributed by atoms with Crippen LogP contribution in [0.2, 0.25) is 10.0 Å². The molecule has 0 spiro atoms. The van der Waals surface area contributed by atoms with Gasteiger partial charge in [0.25, 0.3) is 0 Å². The van der Waals surface area contributed by atoms with Crippen molar-refractivity contribution in [2.45, 2.75) is 19.0 Å². The second-order valence-corrected chi connectivity index (χ2v) is 5.57. The van der Waals surface area contributed by atoms with Gasteiger partial charge in [-0.05, 0) is 24.6 Å². The Morgan fingerprint density at radius 1 is 1.50 bits per heavy atom. The van der Waals surface area contributed by atoms with Gasteiger partial charge >= 0.3 is 5.97 Å². The zero-order chi connectivity index (χ0) is 14.9. The number of aliphatic carboxylic acids is 1. The van der Waals surface area contributed by atoms with Crippen LogP contribution in [0.1, 0.15) is 18.5 Å². The molecule has 2 atom stereocenters. The lowest BCUT2D eigenvalue weighted by molar-refractivity contribution is -0.145. The van der Waals surface area contributed by atoms with E-state index in [1.54, 1.807) is 4.90 Å². The van der Waals surface area contributed by atoms with E-state index in [4.69, 9.17) is 23.2 Å². The second-order valence-electron chi connectivity index (χ2n) is 4.76. The Morgan fingerprint density at radius 2 is 2.20 bits per heavy atom. The van der Waals surface area contributed by atoms with Crippen molar-refractivity contribution < 1.29 is 14.3 Å². The number of rotatable bonds is 3. The Labute approximate surface area is 126 Å². The molecule has 1 aliphatic rings. The van der Waals surface area contributed by atoms with Gasteiger partial charge in [-0.15, -0.1) is 0 Å². The third-order valence-corrected chi connectivity index (χ3v) is 4.17. The van der Waals surface area contributed by atoms with Gasteiger partial charge in [0.2, 0.25) is 0 Å². The predicted octanol–water partition coefficient (Wildman–Crippen LogP) is 2.55. The highest BCUT2D eigenvalue weighted by atomic mass is 35.5. The van der Waals surface area contributed by atoms with E-state index >= 15 is 0 Å². The highest BCUT2D eigenvalue weighted by Crippen LogP contribution is 2.32. The zero-order valence-corrected chi connectivity index (χ0v) is 12.4. The summed E-state index contributed by atoms with van der Waals surface area (Å²) >= 11 is 11.8. The van der Waals surface area contributed by atoms with Crippen LogP contribution in [0.5, 0.6) is 0 Å². The summed E-state index contributed by atoms with van der Waals surface area (Å²) in [6.45, 7) is 3.41. The first-order valence-corrected chi connectivity index (χ1v) is 7.01. The molecule has 0 aromatic heterocycles. The highest BCUT2D eigenvalue weighted by Gasteiger charge is 2.33. The van der Waals surface area contributed by atoms with Crippen LogP contribution in [0.4, 0.5) is 4.39 Å². The first-order valence-electron chi connectivity index (χ1n) is 6.25. The molecule has 110 valence electrons. The van der Waals surface area contributed by atoms with E-state index in [-0.39, 0.29) is 11.1 Å². The molecule has 7 heteroatoms. The van der Waals surface area contributed by atoms with Crippen molar-refractivity contribution in [1.82, 2.24) is 10.2 Å². The van der Waals surface area contributed by atoms with Gasteiger partial charge in [0.05, 0.1) is 5.02 Å². The zero-order valence-electron chi connectivity index (χ0n) is 10.9. The Balaban J connectivity index is 2.32. The maximum Gasteiger partial charge on any atom is 0.322 e. The van der Waals surface area contributed by atoms with Crippen LogP contribution >= 0.6 is 23.2 Å². The SMILES string of the molecule is CC(c1cc(F)c(Cl)cc1Cl)N1CCNCC1C(=O)O. The average Bonchev–Trinajstić information content (AvgIpc) is 2.42. The number of piperazine rings is 1. The average molecular weight is 321 g/mol. The Morgan fingerprint density at radius 3 is 2.85 bits per heavy atom. The maximum atomic E-state index is 13.6. The van der Waals surface area contributed by atoms with Crippen molar-refractivity contribution >= 4 is 29.2 Å². The smallest absolute Gasteiger partial charge is 0.322 e. The van der Waals surface area contributed by atoms with E-state index in [1.807, 2.05) is 6.92 Å². The number of carboxylic acid groups (broad SMARTS) is 1. The van der Waals surface area contributed by atoms with E-state index in [9.17, 15) is 14.3 Å². The monoisotopic (exact) mass is 320 g/mol. The number of nitrogens with one attached hydrogen (secondary N) is 1. The van der Waals surface area contributed by atoms with Crippen LogP contribution in [0, 0.1) is 5.82 Å². The van der Waals surface area contributed by atoms with Gasteiger partial charge in [-0.1, -0.05) is 23.2 Å². The Bertz CT molecular complexity index is 527. The van der Waals surface area contributed by atoms with Gasteiger partial charge in [0.15, 0.2) is 0 Å². The number of hydrogen-bond donors (Lipinski definition) is 2. The molecule has 1 fully saturated rings. The minimum Gasteiger partial charge on any atom is -0.480 e. The van der Waals surface area contributed by atoms with Crippen molar-refractivity contribution in [2.75, 3.05) is 19.6 Å². The van der Waals surface area contributed by atoms with Crippen molar-refractivity contribution in [1.29, 1.82) is 0 Å². The van der Waals surface area contributed by atoms with Gasteiger partial charge in [-0.2, -0.15) is 0 Å². The first-order chi connectivity index (χ1) is 9.41. The molecule has 20 heavy (non-hydrogen) atoms.